The summed E-state index contributed by atoms with van der Waals surface area (Å²) in [5.74, 6) is 1.43. The van der Waals surface area contributed by atoms with Crippen LogP contribution in [0.1, 0.15) is 22.2 Å². The average molecular weight is 387 g/mol. The van der Waals surface area contributed by atoms with E-state index >= 15 is 0 Å². The van der Waals surface area contributed by atoms with Gasteiger partial charge in [-0.2, -0.15) is 0 Å². The largest absolute Gasteiger partial charge is 0.346 e. The molecule has 4 nitrogen and oxygen atoms in total. The van der Waals surface area contributed by atoms with Crippen molar-refractivity contribution in [2.24, 2.45) is 11.8 Å². The number of hydrogen-bond donors (Lipinski definition) is 0. The Balaban J connectivity index is 0.00000104. The average Bonchev–Trinajstić information content (AvgIpc) is 3.14. The normalized spacial score (nSPS) is 26.0. The number of fused-ring (bicyclic) bond motifs is 1. The van der Waals surface area contributed by atoms with Crippen LogP contribution in [0.5, 0.6) is 0 Å². The monoisotopic (exact) mass is 386 g/mol. The zero-order valence-corrected chi connectivity index (χ0v) is 16.6. The molecule has 0 aliphatic carbocycles. The summed E-state index contributed by atoms with van der Waals surface area (Å²) >= 11 is 1.71. The Morgan fingerprint density at radius 3 is 2.46 bits per heavy atom. The minimum atomic E-state index is 0. The highest BCUT2D eigenvalue weighted by Crippen LogP contribution is 2.46. The zero-order valence-electron chi connectivity index (χ0n) is 14.2. The van der Waals surface area contributed by atoms with Crippen LogP contribution >= 0.6 is 36.2 Å². The van der Waals surface area contributed by atoms with Gasteiger partial charge in [0.1, 0.15) is 5.01 Å². The lowest BCUT2D eigenvalue weighted by atomic mass is 9.88. The Labute approximate surface area is 160 Å². The van der Waals surface area contributed by atoms with Gasteiger partial charge in [0.2, 0.25) is 5.13 Å². The molecule has 2 aromatic rings. The van der Waals surface area contributed by atoms with Crippen LogP contribution in [-0.2, 0) is 0 Å². The van der Waals surface area contributed by atoms with Gasteiger partial charge in [-0.15, -0.1) is 35.0 Å². The number of anilines is 1. The first-order valence-electron chi connectivity index (χ1n) is 7.94. The van der Waals surface area contributed by atoms with Crippen LogP contribution in [0.15, 0.2) is 24.3 Å². The number of rotatable bonds is 2. The smallest absolute Gasteiger partial charge is 0.208 e. The van der Waals surface area contributed by atoms with Crippen molar-refractivity contribution >= 4 is 41.3 Å². The molecule has 24 heavy (non-hydrogen) atoms. The fraction of sp³-hybridized carbons (Fsp3) is 0.529. The minimum Gasteiger partial charge on any atom is -0.346 e. The molecular weight excluding hydrogens is 363 g/mol. The summed E-state index contributed by atoms with van der Waals surface area (Å²) in [4.78, 5) is 4.98. The molecule has 0 N–H and O–H groups in total. The molecule has 2 fully saturated rings. The van der Waals surface area contributed by atoms with E-state index in [1.807, 2.05) is 6.92 Å². The van der Waals surface area contributed by atoms with Gasteiger partial charge < -0.3 is 4.90 Å². The van der Waals surface area contributed by atoms with Gasteiger partial charge in [0, 0.05) is 31.6 Å². The van der Waals surface area contributed by atoms with Gasteiger partial charge >= 0.3 is 0 Å². The number of nitrogens with zero attached hydrogens (tertiary/aromatic N) is 4. The second-order valence-corrected chi connectivity index (χ2v) is 7.83. The van der Waals surface area contributed by atoms with Crippen molar-refractivity contribution in [2.75, 3.05) is 31.6 Å². The first-order valence-corrected chi connectivity index (χ1v) is 8.76. The highest BCUT2D eigenvalue weighted by atomic mass is 35.5. The molecule has 2 saturated heterocycles. The minimum absolute atomic E-state index is 0. The predicted octanol–water partition coefficient (Wildman–Crippen LogP) is 3.74. The molecule has 1 aromatic heterocycles. The third-order valence-electron chi connectivity index (χ3n) is 5.19. The molecule has 3 atom stereocenters. The highest BCUT2D eigenvalue weighted by Gasteiger charge is 2.47. The molecule has 0 bridgehead atoms. The standard InChI is InChI=1S/C17H22N4S.2ClH/c1-11-6-4-5-7-14(11)16-15-10-21(9-13(15)8-20(16)3)17-19-18-12(2)22-17;;/h4-7,13,15-16H,8-10H2,1-3H3;2*1H/t13-,15+,16+;;/m0../s1. The van der Waals surface area contributed by atoms with Crippen molar-refractivity contribution in [2.45, 2.75) is 19.9 Å². The van der Waals surface area contributed by atoms with E-state index in [0.717, 1.165) is 29.1 Å². The van der Waals surface area contributed by atoms with E-state index < -0.39 is 0 Å². The molecule has 0 saturated carbocycles. The molecule has 0 radical (unpaired) electrons. The maximum absolute atomic E-state index is 4.34. The Bertz CT molecular complexity index is 693. The van der Waals surface area contributed by atoms with Crippen LogP contribution in [0, 0.1) is 25.7 Å². The number of likely N-dealkylation sites (tertiary alicyclic amines) is 1. The van der Waals surface area contributed by atoms with Crippen LogP contribution in [-0.4, -0.2) is 41.8 Å². The van der Waals surface area contributed by atoms with E-state index in [1.54, 1.807) is 11.3 Å². The first kappa shape index (κ1) is 19.4. The lowest BCUT2D eigenvalue weighted by Crippen LogP contribution is -2.29. The number of hydrogen-bond acceptors (Lipinski definition) is 5. The molecule has 1 aromatic carbocycles. The Kier molecular flexibility index (Phi) is 6.13. The molecule has 3 heterocycles. The molecule has 2 aliphatic rings. The van der Waals surface area contributed by atoms with Crippen molar-refractivity contribution in [3.8, 4) is 0 Å². The predicted molar refractivity (Wildman–Crippen MR) is 105 cm³/mol. The molecular formula is C17H24Cl2N4S. The van der Waals surface area contributed by atoms with Crippen LogP contribution < -0.4 is 4.90 Å². The topological polar surface area (TPSA) is 32.3 Å². The van der Waals surface area contributed by atoms with Gasteiger partial charge in [-0.05, 0) is 37.9 Å². The van der Waals surface area contributed by atoms with E-state index in [0.29, 0.717) is 12.0 Å². The van der Waals surface area contributed by atoms with E-state index in [1.165, 1.54) is 17.7 Å². The quantitative estimate of drug-likeness (QED) is 0.786. The molecule has 0 amide bonds. The lowest BCUT2D eigenvalue weighted by molar-refractivity contribution is 0.279. The zero-order chi connectivity index (χ0) is 15.3. The molecule has 4 rings (SSSR count). The summed E-state index contributed by atoms with van der Waals surface area (Å²) < 4.78 is 0. The van der Waals surface area contributed by atoms with Gasteiger partial charge in [0.15, 0.2) is 0 Å². The van der Waals surface area contributed by atoms with Gasteiger partial charge in [-0.25, -0.2) is 0 Å². The van der Waals surface area contributed by atoms with E-state index in [2.05, 4.69) is 58.2 Å². The summed E-state index contributed by atoms with van der Waals surface area (Å²) in [5.41, 5.74) is 2.90. The first-order chi connectivity index (χ1) is 10.6. The maximum atomic E-state index is 4.34. The third-order valence-corrected chi connectivity index (χ3v) is 6.09. The number of aromatic nitrogens is 2. The number of halogens is 2. The van der Waals surface area contributed by atoms with Crippen LogP contribution in [0.25, 0.3) is 0 Å². The lowest BCUT2D eigenvalue weighted by Gasteiger charge is -2.27. The third kappa shape index (κ3) is 3.27. The molecule has 132 valence electrons. The van der Waals surface area contributed by atoms with Crippen molar-refractivity contribution in [3.05, 3.63) is 40.4 Å². The second-order valence-electron chi connectivity index (χ2n) is 6.67. The van der Waals surface area contributed by atoms with Crippen molar-refractivity contribution in [1.29, 1.82) is 0 Å². The van der Waals surface area contributed by atoms with Crippen molar-refractivity contribution in [1.82, 2.24) is 15.1 Å². The van der Waals surface area contributed by atoms with Crippen LogP contribution in [0.2, 0.25) is 0 Å². The summed E-state index contributed by atoms with van der Waals surface area (Å²) in [7, 11) is 2.27. The van der Waals surface area contributed by atoms with Crippen molar-refractivity contribution < 1.29 is 0 Å². The number of benzene rings is 1. The molecule has 0 spiro atoms. The van der Waals surface area contributed by atoms with E-state index in [-0.39, 0.29) is 24.8 Å². The summed E-state index contributed by atoms with van der Waals surface area (Å²) in [6, 6.07) is 9.37. The van der Waals surface area contributed by atoms with Crippen LogP contribution in [0.3, 0.4) is 0 Å². The van der Waals surface area contributed by atoms with Gasteiger partial charge in [0.05, 0.1) is 0 Å². The van der Waals surface area contributed by atoms with Crippen LogP contribution in [0.4, 0.5) is 5.13 Å². The Hall–Kier alpha value is -0.880. The second kappa shape index (κ2) is 7.56. The Morgan fingerprint density at radius 1 is 1.04 bits per heavy atom. The molecule has 7 heteroatoms. The maximum Gasteiger partial charge on any atom is 0.208 e. The summed E-state index contributed by atoms with van der Waals surface area (Å²) in [6.45, 7) is 7.66. The number of aryl methyl sites for hydroxylation is 2. The van der Waals surface area contributed by atoms with Gasteiger partial charge in [0.25, 0.3) is 0 Å². The Morgan fingerprint density at radius 2 is 1.79 bits per heavy atom. The molecule has 2 aliphatic heterocycles. The fourth-order valence-corrected chi connectivity index (χ4v) is 4.92. The summed E-state index contributed by atoms with van der Waals surface area (Å²) in [5, 5.41) is 10.7. The summed E-state index contributed by atoms with van der Waals surface area (Å²) in [6.07, 6.45) is 0. The molecule has 0 unspecified atom stereocenters. The SMILES string of the molecule is Cc1nnc(N2C[C@@H]3CN(C)[C@H](c4ccccc4C)[C@@H]3C2)s1.Cl.Cl. The van der Waals surface area contributed by atoms with Gasteiger partial charge in [-0.3, -0.25) is 4.90 Å². The van der Waals surface area contributed by atoms with E-state index in [9.17, 15) is 0 Å². The van der Waals surface area contributed by atoms with Crippen molar-refractivity contribution in [3.63, 3.8) is 0 Å². The van der Waals surface area contributed by atoms with Gasteiger partial charge in [-0.1, -0.05) is 35.6 Å². The fourth-order valence-electron chi connectivity index (χ4n) is 4.21. The highest BCUT2D eigenvalue weighted by molar-refractivity contribution is 7.15. The van der Waals surface area contributed by atoms with E-state index in [4.69, 9.17) is 0 Å².